The molecule has 1 aliphatic heterocycles. The van der Waals surface area contributed by atoms with Crippen LogP contribution in [-0.2, 0) is 11.3 Å². The number of hydrogen-bond acceptors (Lipinski definition) is 2. The highest BCUT2D eigenvalue weighted by Crippen LogP contribution is 2.32. The molecule has 0 radical (unpaired) electrons. The second-order valence-corrected chi connectivity index (χ2v) is 8.07. The molecule has 0 bridgehead atoms. The number of rotatable bonds is 5. The number of likely N-dealkylation sites (tertiary alicyclic amines) is 1. The van der Waals surface area contributed by atoms with Crippen molar-refractivity contribution >= 4 is 22.5 Å². The van der Waals surface area contributed by atoms with E-state index >= 15 is 0 Å². The normalized spacial score (nSPS) is 15.9. The Kier molecular flexibility index (Phi) is 5.34. The van der Waals surface area contributed by atoms with Crippen LogP contribution < -0.4 is 5.56 Å². The Hall–Kier alpha value is -2.77. The van der Waals surface area contributed by atoms with Crippen LogP contribution in [0.3, 0.4) is 0 Å². The number of nitrogens with zero attached hydrogens (tertiary/aromatic N) is 3. The van der Waals surface area contributed by atoms with E-state index in [4.69, 9.17) is 0 Å². The Balaban J connectivity index is 1.46. The number of alkyl halides is 2. The molecule has 1 aliphatic rings. The van der Waals surface area contributed by atoms with Crippen molar-refractivity contribution in [1.82, 2.24) is 13.9 Å². The lowest BCUT2D eigenvalue weighted by Crippen LogP contribution is -2.42. The summed E-state index contributed by atoms with van der Waals surface area (Å²) in [4.78, 5) is 27.0. The molecule has 3 aromatic rings. The van der Waals surface area contributed by atoms with Gasteiger partial charge in [-0.05, 0) is 56.5 Å². The predicted octanol–water partition coefficient (Wildman–Crippen LogP) is 4.07. The minimum absolute atomic E-state index is 0.0971. The van der Waals surface area contributed by atoms with E-state index in [1.165, 1.54) is 16.7 Å². The van der Waals surface area contributed by atoms with Gasteiger partial charge in [-0.2, -0.15) is 0 Å². The molecule has 5 nitrogen and oxygen atoms in total. The number of benzene rings is 1. The fourth-order valence-corrected chi connectivity index (χ4v) is 4.33. The summed E-state index contributed by atoms with van der Waals surface area (Å²) in [6.07, 6.45) is 2.97. The molecule has 4 rings (SSSR count). The van der Waals surface area contributed by atoms with Gasteiger partial charge in [0.25, 0.3) is 5.56 Å². The van der Waals surface area contributed by atoms with Crippen molar-refractivity contribution in [3.63, 3.8) is 0 Å². The molecule has 0 saturated carbocycles. The van der Waals surface area contributed by atoms with Crippen LogP contribution in [0.25, 0.3) is 16.6 Å². The van der Waals surface area contributed by atoms with Crippen LogP contribution in [0, 0.1) is 11.7 Å². The van der Waals surface area contributed by atoms with Gasteiger partial charge in [0, 0.05) is 38.2 Å². The predicted molar refractivity (Wildman–Crippen MR) is 108 cm³/mol. The second-order valence-electron chi connectivity index (χ2n) is 8.07. The van der Waals surface area contributed by atoms with E-state index < -0.39 is 17.7 Å². The van der Waals surface area contributed by atoms with E-state index in [1.54, 1.807) is 33.7 Å². The highest BCUT2D eigenvalue weighted by Gasteiger charge is 2.37. The molecule has 1 aromatic carbocycles. The highest BCUT2D eigenvalue weighted by molar-refractivity contribution is 5.79. The fourth-order valence-electron chi connectivity index (χ4n) is 4.33. The third-order valence-electron chi connectivity index (χ3n) is 6.04. The smallest absolute Gasteiger partial charge is 0.275 e. The van der Waals surface area contributed by atoms with Gasteiger partial charge < -0.3 is 13.9 Å². The summed E-state index contributed by atoms with van der Waals surface area (Å²) in [5, 5.41) is 0. The van der Waals surface area contributed by atoms with Gasteiger partial charge >= 0.3 is 0 Å². The number of aromatic nitrogens is 2. The van der Waals surface area contributed by atoms with Crippen molar-refractivity contribution < 1.29 is 18.0 Å². The molecular formula is C22H24F3N3O2. The van der Waals surface area contributed by atoms with Gasteiger partial charge in [0.15, 0.2) is 0 Å². The number of amides is 1. The molecule has 0 aliphatic carbocycles. The number of piperidine rings is 1. The van der Waals surface area contributed by atoms with E-state index in [2.05, 4.69) is 0 Å². The standard InChI is InChI=1S/C22H24F3N3O2/c1-22(24,25)15-8-12-26(13-9-15)20(29)5-3-11-28-19-14-16(23)6-7-17(19)27-10-2-4-18(27)21(28)30/h2,4,6-7,10,14-15H,3,5,8-9,11-13H2,1H3. The molecule has 0 atom stereocenters. The number of carbonyl (C=O) groups is 1. The summed E-state index contributed by atoms with van der Waals surface area (Å²) in [6.45, 7) is 1.87. The van der Waals surface area contributed by atoms with Gasteiger partial charge in [0.05, 0.1) is 11.0 Å². The van der Waals surface area contributed by atoms with Crippen LogP contribution in [0.5, 0.6) is 0 Å². The fraction of sp³-hybridized carbons (Fsp3) is 0.455. The van der Waals surface area contributed by atoms with Crippen LogP contribution in [0.2, 0.25) is 0 Å². The molecule has 8 heteroatoms. The van der Waals surface area contributed by atoms with Crippen molar-refractivity contribution in [1.29, 1.82) is 0 Å². The minimum Gasteiger partial charge on any atom is -0.343 e. The maximum atomic E-state index is 13.8. The molecule has 0 spiro atoms. The molecule has 1 fully saturated rings. The molecule has 1 saturated heterocycles. The molecule has 160 valence electrons. The summed E-state index contributed by atoms with van der Waals surface area (Å²) in [5.74, 6) is -3.94. The quantitative estimate of drug-likeness (QED) is 0.626. The maximum Gasteiger partial charge on any atom is 0.275 e. The van der Waals surface area contributed by atoms with Crippen molar-refractivity contribution in [2.45, 2.75) is 45.1 Å². The van der Waals surface area contributed by atoms with E-state index in [0.717, 1.165) is 6.92 Å². The Bertz CT molecular complexity index is 1140. The lowest BCUT2D eigenvalue weighted by Gasteiger charge is -2.34. The molecule has 1 amide bonds. The number of hydrogen-bond donors (Lipinski definition) is 0. The van der Waals surface area contributed by atoms with Gasteiger partial charge in [0.2, 0.25) is 11.8 Å². The topological polar surface area (TPSA) is 46.7 Å². The number of aryl methyl sites for hydroxylation is 1. The van der Waals surface area contributed by atoms with Crippen molar-refractivity contribution in [3.05, 3.63) is 52.7 Å². The summed E-state index contributed by atoms with van der Waals surface area (Å²) in [6, 6.07) is 7.78. The van der Waals surface area contributed by atoms with E-state index in [1.807, 2.05) is 0 Å². The molecule has 30 heavy (non-hydrogen) atoms. The second kappa shape index (κ2) is 7.81. The maximum absolute atomic E-state index is 13.8. The Morgan fingerprint density at radius 1 is 1.13 bits per heavy atom. The zero-order valence-electron chi connectivity index (χ0n) is 16.8. The van der Waals surface area contributed by atoms with Gasteiger partial charge in [0.1, 0.15) is 11.3 Å². The highest BCUT2D eigenvalue weighted by atomic mass is 19.3. The largest absolute Gasteiger partial charge is 0.343 e. The van der Waals surface area contributed by atoms with Crippen LogP contribution in [-0.4, -0.2) is 38.8 Å². The molecule has 3 heterocycles. The van der Waals surface area contributed by atoms with Crippen molar-refractivity contribution in [2.75, 3.05) is 13.1 Å². The first-order valence-corrected chi connectivity index (χ1v) is 10.2. The molecule has 0 N–H and O–H groups in total. The third-order valence-corrected chi connectivity index (χ3v) is 6.04. The first-order valence-electron chi connectivity index (χ1n) is 10.2. The van der Waals surface area contributed by atoms with Gasteiger partial charge in [-0.3, -0.25) is 9.59 Å². The van der Waals surface area contributed by atoms with Crippen LogP contribution in [0.1, 0.15) is 32.6 Å². The molecular weight excluding hydrogens is 395 g/mol. The monoisotopic (exact) mass is 419 g/mol. The zero-order chi connectivity index (χ0) is 21.5. The van der Waals surface area contributed by atoms with E-state index in [-0.39, 0.29) is 24.4 Å². The minimum atomic E-state index is -2.72. The van der Waals surface area contributed by atoms with E-state index in [9.17, 15) is 22.8 Å². The first-order chi connectivity index (χ1) is 14.3. The number of carbonyl (C=O) groups excluding carboxylic acids is 1. The zero-order valence-corrected chi connectivity index (χ0v) is 16.8. The van der Waals surface area contributed by atoms with Gasteiger partial charge in [-0.15, -0.1) is 0 Å². The Labute approximate surface area is 171 Å². The Morgan fingerprint density at radius 2 is 1.87 bits per heavy atom. The first kappa shape index (κ1) is 20.5. The number of fused-ring (bicyclic) bond motifs is 3. The summed E-state index contributed by atoms with van der Waals surface area (Å²) < 4.78 is 44.0. The average molecular weight is 419 g/mol. The van der Waals surface area contributed by atoms with Crippen LogP contribution >= 0.6 is 0 Å². The van der Waals surface area contributed by atoms with Crippen molar-refractivity contribution in [2.24, 2.45) is 5.92 Å². The summed E-state index contributed by atoms with van der Waals surface area (Å²) >= 11 is 0. The number of halogens is 3. The lowest BCUT2D eigenvalue weighted by atomic mass is 9.91. The van der Waals surface area contributed by atoms with Crippen LogP contribution in [0.15, 0.2) is 41.3 Å². The molecule has 0 unspecified atom stereocenters. The Morgan fingerprint density at radius 3 is 2.57 bits per heavy atom. The van der Waals surface area contributed by atoms with Gasteiger partial charge in [-0.1, -0.05) is 0 Å². The van der Waals surface area contributed by atoms with Gasteiger partial charge in [-0.25, -0.2) is 13.2 Å². The van der Waals surface area contributed by atoms with Crippen LogP contribution in [0.4, 0.5) is 13.2 Å². The van der Waals surface area contributed by atoms with E-state index in [0.29, 0.717) is 48.9 Å². The SMILES string of the molecule is CC(F)(F)C1CCN(C(=O)CCCn2c(=O)c3cccn3c3ccc(F)cc32)CC1. The summed E-state index contributed by atoms with van der Waals surface area (Å²) in [5.41, 5.74) is 1.44. The third kappa shape index (κ3) is 3.82. The lowest BCUT2D eigenvalue weighted by molar-refractivity contribution is -0.135. The average Bonchev–Trinajstić information content (AvgIpc) is 3.20. The molecule has 2 aromatic heterocycles. The summed E-state index contributed by atoms with van der Waals surface area (Å²) in [7, 11) is 0. The van der Waals surface area contributed by atoms with Crippen molar-refractivity contribution in [3.8, 4) is 0 Å².